The summed E-state index contributed by atoms with van der Waals surface area (Å²) in [4.78, 5) is 15.8. The van der Waals surface area contributed by atoms with E-state index in [4.69, 9.17) is 0 Å². The molecular weight excluding hydrogens is 525 g/mol. The topological polar surface area (TPSA) is 100 Å². The van der Waals surface area contributed by atoms with E-state index in [0.29, 0.717) is 10.2 Å². The highest BCUT2D eigenvalue weighted by atomic mass is 79.9. The van der Waals surface area contributed by atoms with E-state index < -0.39 is 27.8 Å². The molecule has 0 spiro atoms. The van der Waals surface area contributed by atoms with Crippen LogP contribution >= 0.6 is 15.9 Å². The number of hydrogen-bond acceptors (Lipinski definition) is 4. The lowest BCUT2D eigenvalue weighted by molar-refractivity contribution is -0.137. The molecule has 174 valence electrons. The van der Waals surface area contributed by atoms with Gasteiger partial charge >= 0.3 is 12.2 Å². The maximum atomic E-state index is 12.9. The summed E-state index contributed by atoms with van der Waals surface area (Å²) in [6, 6.07) is 11.4. The van der Waals surface area contributed by atoms with E-state index in [1.807, 2.05) is 0 Å². The van der Waals surface area contributed by atoms with Gasteiger partial charge in [-0.05, 0) is 59.7 Å². The summed E-state index contributed by atoms with van der Waals surface area (Å²) >= 11 is 3.13. The van der Waals surface area contributed by atoms with Crippen molar-refractivity contribution in [2.75, 3.05) is 5.32 Å². The fourth-order valence-corrected chi connectivity index (χ4v) is 4.11. The van der Waals surface area contributed by atoms with Crippen LogP contribution in [0, 0.1) is 0 Å². The van der Waals surface area contributed by atoms with Crippen molar-refractivity contribution in [1.82, 2.24) is 15.0 Å². The van der Waals surface area contributed by atoms with Crippen LogP contribution in [0.5, 0.6) is 0 Å². The molecule has 0 saturated carbocycles. The number of aromatic nitrogens is 1. The molecule has 0 aliphatic carbocycles. The molecule has 0 aliphatic rings. The maximum Gasteiger partial charge on any atom is 0.416 e. The first-order valence-corrected chi connectivity index (χ1v) is 11.7. The van der Waals surface area contributed by atoms with E-state index in [1.54, 1.807) is 24.5 Å². The Balaban J connectivity index is 1.60. The van der Waals surface area contributed by atoms with Crippen molar-refractivity contribution < 1.29 is 26.4 Å². The molecule has 2 aromatic carbocycles. The zero-order valence-electron chi connectivity index (χ0n) is 16.9. The van der Waals surface area contributed by atoms with Gasteiger partial charge in [-0.25, -0.2) is 17.9 Å². The van der Waals surface area contributed by atoms with Crippen molar-refractivity contribution in [3.05, 3.63) is 88.2 Å². The molecule has 0 saturated heterocycles. The van der Waals surface area contributed by atoms with Gasteiger partial charge in [0.15, 0.2) is 0 Å². The van der Waals surface area contributed by atoms with Crippen LogP contribution in [0.25, 0.3) is 0 Å². The Labute approximate surface area is 196 Å². The Kier molecular flexibility index (Phi) is 7.72. The van der Waals surface area contributed by atoms with Crippen LogP contribution in [0.15, 0.2) is 76.4 Å². The van der Waals surface area contributed by atoms with Crippen LogP contribution in [-0.4, -0.2) is 19.4 Å². The fourth-order valence-electron chi connectivity index (χ4n) is 2.72. The second-order valence-electron chi connectivity index (χ2n) is 6.82. The Bertz CT molecular complexity index is 1220. The minimum Gasteiger partial charge on any atom is -0.334 e. The number of sulfonamides is 1. The minimum atomic E-state index is -4.54. The van der Waals surface area contributed by atoms with Crippen molar-refractivity contribution in [2.24, 2.45) is 0 Å². The van der Waals surface area contributed by atoms with Crippen molar-refractivity contribution in [3.8, 4) is 0 Å². The summed E-state index contributed by atoms with van der Waals surface area (Å²) in [5, 5.41) is 5.22. The number of urea groups is 1. The predicted octanol–water partition coefficient (Wildman–Crippen LogP) is 4.66. The van der Waals surface area contributed by atoms with E-state index in [1.165, 1.54) is 30.3 Å². The third-order valence-corrected chi connectivity index (χ3v) is 6.61. The van der Waals surface area contributed by atoms with Gasteiger partial charge in [0.25, 0.3) is 0 Å². The van der Waals surface area contributed by atoms with Gasteiger partial charge in [-0.15, -0.1) is 0 Å². The number of pyridine rings is 1. The molecule has 3 N–H and O–H groups in total. The van der Waals surface area contributed by atoms with E-state index in [-0.39, 0.29) is 23.5 Å². The molecule has 3 aromatic rings. The molecule has 33 heavy (non-hydrogen) atoms. The highest BCUT2D eigenvalue weighted by Gasteiger charge is 2.31. The molecule has 12 heteroatoms. The summed E-state index contributed by atoms with van der Waals surface area (Å²) in [6.07, 6.45) is -1.31. The van der Waals surface area contributed by atoms with Crippen molar-refractivity contribution in [2.45, 2.75) is 24.2 Å². The third kappa shape index (κ3) is 7.01. The summed E-state index contributed by atoms with van der Waals surface area (Å²) in [5.74, 6) is 0. The van der Waals surface area contributed by atoms with Gasteiger partial charge in [0, 0.05) is 35.6 Å². The number of benzene rings is 2. The van der Waals surface area contributed by atoms with Crippen molar-refractivity contribution >= 4 is 37.7 Å². The summed E-state index contributed by atoms with van der Waals surface area (Å²) in [7, 11) is -4.00. The lowest BCUT2D eigenvalue weighted by atomic mass is 10.1. The Hall–Kier alpha value is -2.96. The monoisotopic (exact) mass is 542 g/mol. The number of rotatable bonds is 7. The standard InChI is InChI=1S/C21H18BrF3N4O3S/c22-19-8-3-16(21(23,24)25)10-15(19)13-28-33(31,32)18-6-4-17(5-7-18)29-20(30)27-12-14-2-1-9-26-11-14/h1-11,28H,12-13H2,(H2,27,29,30). The second-order valence-corrected chi connectivity index (χ2v) is 9.44. The number of alkyl halides is 3. The quantitative estimate of drug-likeness (QED) is 0.404. The summed E-state index contributed by atoms with van der Waals surface area (Å²) in [5.41, 5.74) is 0.430. The zero-order valence-corrected chi connectivity index (χ0v) is 19.3. The molecule has 0 aliphatic heterocycles. The maximum absolute atomic E-state index is 12.9. The van der Waals surface area contributed by atoms with Gasteiger partial charge in [0.1, 0.15) is 0 Å². The van der Waals surface area contributed by atoms with Crippen LogP contribution in [0.3, 0.4) is 0 Å². The van der Waals surface area contributed by atoms with Gasteiger partial charge in [-0.1, -0.05) is 22.0 Å². The lowest BCUT2D eigenvalue weighted by Gasteiger charge is -2.12. The van der Waals surface area contributed by atoms with Gasteiger partial charge in [-0.3, -0.25) is 4.98 Å². The van der Waals surface area contributed by atoms with E-state index in [2.05, 4.69) is 36.3 Å². The highest BCUT2D eigenvalue weighted by molar-refractivity contribution is 9.10. The Morgan fingerprint density at radius 2 is 1.76 bits per heavy atom. The van der Waals surface area contributed by atoms with Crippen LogP contribution in [0.1, 0.15) is 16.7 Å². The molecule has 0 unspecified atom stereocenters. The van der Waals surface area contributed by atoms with Gasteiger partial charge in [0.2, 0.25) is 10.0 Å². The molecule has 7 nitrogen and oxygen atoms in total. The van der Waals surface area contributed by atoms with Gasteiger partial charge in [-0.2, -0.15) is 13.2 Å². The smallest absolute Gasteiger partial charge is 0.334 e. The predicted molar refractivity (Wildman–Crippen MR) is 120 cm³/mol. The molecule has 1 aromatic heterocycles. The number of carbonyl (C=O) groups is 1. The highest BCUT2D eigenvalue weighted by Crippen LogP contribution is 2.32. The first-order chi connectivity index (χ1) is 15.5. The lowest BCUT2D eigenvalue weighted by Crippen LogP contribution is -2.28. The SMILES string of the molecule is O=C(NCc1cccnc1)Nc1ccc(S(=O)(=O)NCc2cc(C(F)(F)F)ccc2Br)cc1. The first kappa shape index (κ1) is 24.7. The fraction of sp³-hybridized carbons (Fsp3) is 0.143. The molecule has 1 heterocycles. The largest absolute Gasteiger partial charge is 0.416 e. The average molecular weight is 543 g/mol. The van der Waals surface area contributed by atoms with Crippen molar-refractivity contribution in [3.63, 3.8) is 0 Å². The number of nitrogens with one attached hydrogen (secondary N) is 3. The van der Waals surface area contributed by atoms with Crippen LogP contribution in [0.4, 0.5) is 23.7 Å². The Morgan fingerprint density at radius 3 is 2.39 bits per heavy atom. The third-order valence-electron chi connectivity index (χ3n) is 4.42. The van der Waals surface area contributed by atoms with Crippen LogP contribution < -0.4 is 15.4 Å². The molecule has 3 rings (SSSR count). The first-order valence-electron chi connectivity index (χ1n) is 9.44. The van der Waals surface area contributed by atoms with E-state index in [0.717, 1.165) is 17.7 Å². The second kappa shape index (κ2) is 10.3. The molecule has 0 radical (unpaired) electrons. The zero-order chi connectivity index (χ0) is 24.1. The molecular formula is C21H18BrF3N4O3S. The average Bonchev–Trinajstić information content (AvgIpc) is 2.77. The molecule has 0 fully saturated rings. The van der Waals surface area contributed by atoms with E-state index in [9.17, 15) is 26.4 Å². The normalized spacial score (nSPS) is 11.8. The Morgan fingerprint density at radius 1 is 1.03 bits per heavy atom. The van der Waals surface area contributed by atoms with Crippen LogP contribution in [0.2, 0.25) is 0 Å². The minimum absolute atomic E-state index is 0.105. The van der Waals surface area contributed by atoms with E-state index >= 15 is 0 Å². The molecule has 2 amide bonds. The molecule has 0 atom stereocenters. The molecule has 0 bridgehead atoms. The van der Waals surface area contributed by atoms with Crippen molar-refractivity contribution in [1.29, 1.82) is 0 Å². The number of amides is 2. The number of halogens is 4. The van der Waals surface area contributed by atoms with Gasteiger partial charge in [0.05, 0.1) is 10.5 Å². The van der Waals surface area contributed by atoms with Gasteiger partial charge < -0.3 is 10.6 Å². The summed E-state index contributed by atoms with van der Waals surface area (Å²) < 4.78 is 66.4. The number of nitrogens with zero attached hydrogens (tertiary/aromatic N) is 1. The number of hydrogen-bond donors (Lipinski definition) is 3. The van der Waals surface area contributed by atoms with Crippen LogP contribution in [-0.2, 0) is 29.3 Å². The summed E-state index contributed by atoms with van der Waals surface area (Å²) in [6.45, 7) is -0.0786. The number of anilines is 1. The number of carbonyl (C=O) groups excluding carboxylic acids is 1.